The zero-order valence-corrected chi connectivity index (χ0v) is 13.2. The van der Waals surface area contributed by atoms with E-state index in [1.54, 1.807) is 0 Å². The second kappa shape index (κ2) is 6.37. The van der Waals surface area contributed by atoms with Gasteiger partial charge in [-0.3, -0.25) is 4.79 Å². The summed E-state index contributed by atoms with van der Waals surface area (Å²) in [5.41, 5.74) is 1.18. The summed E-state index contributed by atoms with van der Waals surface area (Å²) in [7, 11) is 0. The SMILES string of the molecule is CC(C(=O)NC(c1ccc(Cl)cc1)C1CCC1)C1CNC1. The first-order valence-electron chi connectivity index (χ1n) is 7.91. The second-order valence-corrected chi connectivity index (χ2v) is 6.87. The van der Waals surface area contributed by atoms with Crippen LogP contribution in [0.5, 0.6) is 0 Å². The van der Waals surface area contributed by atoms with Gasteiger partial charge in [0, 0.05) is 10.9 Å². The minimum absolute atomic E-state index is 0.0844. The van der Waals surface area contributed by atoms with Gasteiger partial charge >= 0.3 is 0 Å². The molecule has 0 bridgehead atoms. The highest BCUT2D eigenvalue weighted by atomic mass is 35.5. The molecule has 0 spiro atoms. The van der Waals surface area contributed by atoms with Gasteiger partial charge in [-0.15, -0.1) is 0 Å². The average molecular weight is 307 g/mol. The van der Waals surface area contributed by atoms with Crippen molar-refractivity contribution in [3.63, 3.8) is 0 Å². The van der Waals surface area contributed by atoms with E-state index in [1.807, 2.05) is 31.2 Å². The molecule has 0 aromatic heterocycles. The molecule has 2 aliphatic rings. The van der Waals surface area contributed by atoms with Crippen LogP contribution in [0, 0.1) is 17.8 Å². The van der Waals surface area contributed by atoms with Gasteiger partial charge in [0.25, 0.3) is 0 Å². The molecule has 1 heterocycles. The molecule has 3 nitrogen and oxygen atoms in total. The maximum atomic E-state index is 12.5. The molecule has 1 aliphatic carbocycles. The standard InChI is InChI=1S/C17H23ClN2O/c1-11(14-9-19-10-14)17(21)20-16(12-3-2-4-12)13-5-7-15(18)8-6-13/h5-8,11-12,14,16,19H,2-4,9-10H2,1H3,(H,20,21). The van der Waals surface area contributed by atoms with Gasteiger partial charge in [0.15, 0.2) is 0 Å². The van der Waals surface area contributed by atoms with Crippen LogP contribution in [0.3, 0.4) is 0 Å². The lowest BCUT2D eigenvalue weighted by Crippen LogP contribution is -2.50. The van der Waals surface area contributed by atoms with E-state index in [9.17, 15) is 4.79 Å². The number of hydrogen-bond donors (Lipinski definition) is 2. The van der Waals surface area contributed by atoms with Crippen molar-refractivity contribution < 1.29 is 4.79 Å². The number of nitrogens with one attached hydrogen (secondary N) is 2. The number of carbonyl (C=O) groups excluding carboxylic acids is 1. The summed E-state index contributed by atoms with van der Waals surface area (Å²) in [4.78, 5) is 12.5. The Morgan fingerprint density at radius 1 is 1.24 bits per heavy atom. The molecule has 2 atom stereocenters. The summed E-state index contributed by atoms with van der Waals surface area (Å²) in [6, 6.07) is 8.05. The van der Waals surface area contributed by atoms with E-state index >= 15 is 0 Å². The third-order valence-corrected chi connectivity index (χ3v) is 5.33. The number of hydrogen-bond acceptors (Lipinski definition) is 2. The molecule has 1 saturated heterocycles. The van der Waals surface area contributed by atoms with Gasteiger partial charge in [-0.1, -0.05) is 37.1 Å². The van der Waals surface area contributed by atoms with Crippen LogP contribution in [0.2, 0.25) is 5.02 Å². The highest BCUT2D eigenvalue weighted by molar-refractivity contribution is 6.30. The normalized spacial score (nSPS) is 22.0. The molecule has 114 valence electrons. The minimum Gasteiger partial charge on any atom is -0.349 e. The fourth-order valence-electron chi connectivity index (χ4n) is 3.08. The van der Waals surface area contributed by atoms with E-state index in [2.05, 4.69) is 10.6 Å². The summed E-state index contributed by atoms with van der Waals surface area (Å²) in [5.74, 6) is 1.33. The lowest BCUT2D eigenvalue weighted by atomic mass is 9.76. The van der Waals surface area contributed by atoms with Gasteiger partial charge in [-0.2, -0.15) is 0 Å². The van der Waals surface area contributed by atoms with Crippen LogP contribution in [0.15, 0.2) is 24.3 Å². The van der Waals surface area contributed by atoms with Crippen molar-refractivity contribution in [2.45, 2.75) is 32.2 Å². The Labute approximate surface area is 131 Å². The molecule has 1 aliphatic heterocycles. The summed E-state index contributed by atoms with van der Waals surface area (Å²) in [5, 5.41) is 7.27. The van der Waals surface area contributed by atoms with Gasteiger partial charge in [0.1, 0.15) is 0 Å². The number of amides is 1. The third kappa shape index (κ3) is 3.24. The van der Waals surface area contributed by atoms with Crippen molar-refractivity contribution in [3.8, 4) is 0 Å². The molecular formula is C17H23ClN2O. The smallest absolute Gasteiger partial charge is 0.223 e. The zero-order chi connectivity index (χ0) is 14.8. The van der Waals surface area contributed by atoms with E-state index in [1.165, 1.54) is 24.8 Å². The Hall–Kier alpha value is -1.06. The van der Waals surface area contributed by atoms with E-state index < -0.39 is 0 Å². The molecule has 3 rings (SSSR count). The Kier molecular flexibility index (Phi) is 4.51. The highest BCUT2D eigenvalue weighted by Gasteiger charge is 2.34. The van der Waals surface area contributed by atoms with E-state index in [4.69, 9.17) is 11.6 Å². The van der Waals surface area contributed by atoms with Crippen LogP contribution in [-0.2, 0) is 4.79 Å². The molecule has 21 heavy (non-hydrogen) atoms. The fourth-order valence-corrected chi connectivity index (χ4v) is 3.21. The van der Waals surface area contributed by atoms with Crippen molar-refractivity contribution >= 4 is 17.5 Å². The van der Waals surface area contributed by atoms with Crippen molar-refractivity contribution in [1.29, 1.82) is 0 Å². The Bertz CT molecular complexity index is 494. The van der Waals surface area contributed by atoms with Crippen LogP contribution in [0.25, 0.3) is 0 Å². The van der Waals surface area contributed by atoms with Crippen LogP contribution in [-0.4, -0.2) is 19.0 Å². The summed E-state index contributed by atoms with van der Waals surface area (Å²) < 4.78 is 0. The maximum Gasteiger partial charge on any atom is 0.223 e. The molecule has 1 aromatic carbocycles. The monoisotopic (exact) mass is 306 g/mol. The first-order chi connectivity index (χ1) is 10.1. The lowest BCUT2D eigenvalue weighted by molar-refractivity contribution is -0.128. The molecule has 2 unspecified atom stereocenters. The van der Waals surface area contributed by atoms with Gasteiger partial charge in [-0.25, -0.2) is 0 Å². The quantitative estimate of drug-likeness (QED) is 0.877. The topological polar surface area (TPSA) is 41.1 Å². The number of benzene rings is 1. The van der Waals surface area contributed by atoms with E-state index in [0.29, 0.717) is 11.8 Å². The second-order valence-electron chi connectivity index (χ2n) is 6.44. The molecule has 0 radical (unpaired) electrons. The third-order valence-electron chi connectivity index (χ3n) is 5.08. The molecule has 4 heteroatoms. The van der Waals surface area contributed by atoms with Crippen molar-refractivity contribution in [1.82, 2.24) is 10.6 Å². The van der Waals surface area contributed by atoms with Gasteiger partial charge in [0.2, 0.25) is 5.91 Å². The van der Waals surface area contributed by atoms with Gasteiger partial charge < -0.3 is 10.6 Å². The number of carbonyl (C=O) groups is 1. The largest absolute Gasteiger partial charge is 0.349 e. The molecule has 1 saturated carbocycles. The highest BCUT2D eigenvalue weighted by Crippen LogP contribution is 2.38. The first kappa shape index (κ1) is 14.9. The average Bonchev–Trinajstić information content (AvgIpc) is 2.34. The molecule has 1 amide bonds. The van der Waals surface area contributed by atoms with Gasteiger partial charge in [-0.05, 0) is 55.5 Å². The number of halogens is 1. The Morgan fingerprint density at radius 3 is 2.38 bits per heavy atom. The van der Waals surface area contributed by atoms with E-state index in [0.717, 1.165) is 18.1 Å². The van der Waals surface area contributed by atoms with Crippen LogP contribution in [0.1, 0.15) is 37.8 Å². The Morgan fingerprint density at radius 2 is 1.90 bits per heavy atom. The van der Waals surface area contributed by atoms with Crippen LogP contribution >= 0.6 is 11.6 Å². The zero-order valence-electron chi connectivity index (χ0n) is 12.4. The maximum absolute atomic E-state index is 12.5. The predicted octanol–water partition coefficient (Wildman–Crippen LogP) is 3.15. The fraction of sp³-hybridized carbons (Fsp3) is 0.588. The summed E-state index contributed by atoms with van der Waals surface area (Å²) >= 11 is 5.97. The lowest BCUT2D eigenvalue weighted by Gasteiger charge is -2.37. The molecular weight excluding hydrogens is 284 g/mol. The van der Waals surface area contributed by atoms with Crippen molar-refractivity contribution in [3.05, 3.63) is 34.9 Å². The van der Waals surface area contributed by atoms with Crippen molar-refractivity contribution in [2.24, 2.45) is 17.8 Å². The minimum atomic E-state index is 0.0844. The Balaban J connectivity index is 1.70. The molecule has 2 fully saturated rings. The van der Waals surface area contributed by atoms with Crippen LogP contribution in [0.4, 0.5) is 0 Å². The van der Waals surface area contributed by atoms with Crippen LogP contribution < -0.4 is 10.6 Å². The molecule has 2 N–H and O–H groups in total. The van der Waals surface area contributed by atoms with E-state index in [-0.39, 0.29) is 17.9 Å². The molecule has 1 aromatic rings. The summed E-state index contributed by atoms with van der Waals surface area (Å²) in [6.45, 7) is 3.97. The van der Waals surface area contributed by atoms with Gasteiger partial charge in [0.05, 0.1) is 6.04 Å². The summed E-state index contributed by atoms with van der Waals surface area (Å²) in [6.07, 6.45) is 3.67. The first-order valence-corrected chi connectivity index (χ1v) is 8.29. The number of rotatable bonds is 5. The van der Waals surface area contributed by atoms with Crippen molar-refractivity contribution in [2.75, 3.05) is 13.1 Å². The predicted molar refractivity (Wildman–Crippen MR) is 85.2 cm³/mol.